The summed E-state index contributed by atoms with van der Waals surface area (Å²) in [4.78, 5) is 56.5. The van der Waals surface area contributed by atoms with Crippen molar-refractivity contribution >= 4 is 33.4 Å². The number of hydrogen-bond acceptors (Lipinski definition) is 6. The minimum Gasteiger partial charge on any atom is -0.478 e. The van der Waals surface area contributed by atoms with Crippen molar-refractivity contribution in [3.05, 3.63) is 97.3 Å². The van der Waals surface area contributed by atoms with Crippen molar-refractivity contribution in [2.24, 2.45) is 0 Å². The molecule has 0 saturated heterocycles. The summed E-state index contributed by atoms with van der Waals surface area (Å²) in [5.41, 5.74) is 0.462. The fourth-order valence-electron chi connectivity index (χ4n) is 3.31. The average Bonchev–Trinajstić information content (AvgIpc) is 3.22. The summed E-state index contributed by atoms with van der Waals surface area (Å²) >= 11 is 1.03. The SMILES string of the molecule is CC(c1ccc(C(=O)O)cc1)n1c(=O)[nH]c2sc(C(=O)NCc3ccncc3)cc2c1=O. The minimum atomic E-state index is -1.06. The maximum absolute atomic E-state index is 13.1. The minimum absolute atomic E-state index is 0.109. The van der Waals surface area contributed by atoms with Crippen LogP contribution in [0.4, 0.5) is 0 Å². The van der Waals surface area contributed by atoms with Crippen molar-refractivity contribution in [2.45, 2.75) is 19.5 Å². The molecule has 3 heterocycles. The van der Waals surface area contributed by atoms with Gasteiger partial charge < -0.3 is 10.4 Å². The van der Waals surface area contributed by atoms with Crippen molar-refractivity contribution in [1.82, 2.24) is 19.9 Å². The number of carbonyl (C=O) groups excluding carboxylic acids is 1. The van der Waals surface area contributed by atoms with Crippen LogP contribution >= 0.6 is 11.3 Å². The number of nitrogens with zero attached hydrogens (tertiary/aromatic N) is 2. The summed E-state index contributed by atoms with van der Waals surface area (Å²) in [5.74, 6) is -1.42. The summed E-state index contributed by atoms with van der Waals surface area (Å²) in [6.07, 6.45) is 3.26. The van der Waals surface area contributed by atoms with Crippen LogP contribution in [0.2, 0.25) is 0 Å². The van der Waals surface area contributed by atoms with Crippen molar-refractivity contribution in [3.63, 3.8) is 0 Å². The Morgan fingerprint density at radius 2 is 1.84 bits per heavy atom. The molecule has 10 heteroatoms. The van der Waals surface area contributed by atoms with Gasteiger partial charge in [-0.3, -0.25) is 24.1 Å². The van der Waals surface area contributed by atoms with Crippen LogP contribution in [0.5, 0.6) is 0 Å². The molecule has 3 N–H and O–H groups in total. The summed E-state index contributed by atoms with van der Waals surface area (Å²) in [5, 5.41) is 12.1. The summed E-state index contributed by atoms with van der Waals surface area (Å²) in [7, 11) is 0. The monoisotopic (exact) mass is 450 g/mol. The third-order valence-electron chi connectivity index (χ3n) is 5.07. The molecule has 0 spiro atoms. The van der Waals surface area contributed by atoms with Crippen LogP contribution in [0, 0.1) is 0 Å². The summed E-state index contributed by atoms with van der Waals surface area (Å²) in [6.45, 7) is 1.98. The van der Waals surface area contributed by atoms with Gasteiger partial charge in [0, 0.05) is 18.9 Å². The normalized spacial score (nSPS) is 11.9. The fraction of sp³-hybridized carbons (Fsp3) is 0.136. The molecular formula is C22H18N4O5S. The highest BCUT2D eigenvalue weighted by Gasteiger charge is 2.19. The average molecular weight is 450 g/mol. The Morgan fingerprint density at radius 1 is 1.16 bits per heavy atom. The van der Waals surface area contributed by atoms with E-state index in [0.29, 0.717) is 21.8 Å². The molecule has 0 bridgehead atoms. The lowest BCUT2D eigenvalue weighted by Gasteiger charge is -2.14. The molecule has 32 heavy (non-hydrogen) atoms. The Labute approximate surface area is 185 Å². The van der Waals surface area contributed by atoms with E-state index in [1.165, 1.54) is 18.2 Å². The molecular weight excluding hydrogens is 432 g/mol. The van der Waals surface area contributed by atoms with E-state index in [2.05, 4.69) is 15.3 Å². The third-order valence-corrected chi connectivity index (χ3v) is 6.12. The standard InChI is InChI=1S/C22H18N4O5S/c1-12(14-2-4-15(5-3-14)21(29)30)26-20(28)16-10-17(32-19(16)25-22(26)31)18(27)24-11-13-6-8-23-9-7-13/h2-10,12H,11H2,1H3,(H,24,27)(H,25,31)(H,29,30). The number of pyridine rings is 1. The first-order valence-corrected chi connectivity index (χ1v) is 10.5. The lowest BCUT2D eigenvalue weighted by molar-refractivity contribution is 0.0696. The van der Waals surface area contributed by atoms with Gasteiger partial charge >= 0.3 is 11.7 Å². The first-order valence-electron chi connectivity index (χ1n) is 9.64. The van der Waals surface area contributed by atoms with E-state index in [-0.39, 0.29) is 16.9 Å². The number of carbonyl (C=O) groups is 2. The number of aromatic carboxylic acids is 1. The highest BCUT2D eigenvalue weighted by atomic mass is 32.1. The van der Waals surface area contributed by atoms with Gasteiger partial charge in [0.2, 0.25) is 0 Å². The Bertz CT molecular complexity index is 1420. The van der Waals surface area contributed by atoms with Crippen LogP contribution in [-0.4, -0.2) is 31.5 Å². The molecule has 0 fully saturated rings. The molecule has 1 amide bonds. The Balaban J connectivity index is 1.64. The fourth-order valence-corrected chi connectivity index (χ4v) is 4.27. The van der Waals surface area contributed by atoms with E-state index < -0.39 is 23.3 Å². The van der Waals surface area contributed by atoms with Gasteiger partial charge in [-0.1, -0.05) is 12.1 Å². The molecule has 4 aromatic rings. The summed E-state index contributed by atoms with van der Waals surface area (Å²) in [6, 6.07) is 10.4. The quantitative estimate of drug-likeness (QED) is 0.413. The van der Waals surface area contributed by atoms with Gasteiger partial charge in [0.05, 0.1) is 21.9 Å². The first-order chi connectivity index (χ1) is 15.3. The smallest absolute Gasteiger partial charge is 0.335 e. The van der Waals surface area contributed by atoms with Gasteiger partial charge in [0.15, 0.2) is 0 Å². The number of rotatable bonds is 6. The molecule has 9 nitrogen and oxygen atoms in total. The molecule has 0 aliphatic rings. The van der Waals surface area contributed by atoms with E-state index in [0.717, 1.165) is 21.5 Å². The Kier molecular flexibility index (Phi) is 5.69. The topological polar surface area (TPSA) is 134 Å². The highest BCUT2D eigenvalue weighted by Crippen LogP contribution is 2.22. The molecule has 1 aromatic carbocycles. The number of H-pyrrole nitrogens is 1. The Morgan fingerprint density at radius 3 is 2.50 bits per heavy atom. The van der Waals surface area contributed by atoms with Gasteiger partial charge in [-0.05, 0) is 48.4 Å². The van der Waals surface area contributed by atoms with E-state index in [1.54, 1.807) is 43.6 Å². The lowest BCUT2D eigenvalue weighted by Crippen LogP contribution is -2.37. The molecule has 0 aliphatic carbocycles. The predicted molar refractivity (Wildman–Crippen MR) is 119 cm³/mol. The van der Waals surface area contributed by atoms with Crippen LogP contribution < -0.4 is 16.6 Å². The molecule has 162 valence electrons. The van der Waals surface area contributed by atoms with Gasteiger partial charge in [0.25, 0.3) is 11.5 Å². The number of thiophene rings is 1. The molecule has 3 aromatic heterocycles. The number of fused-ring (bicyclic) bond motifs is 1. The zero-order chi connectivity index (χ0) is 22.8. The number of amides is 1. The van der Waals surface area contributed by atoms with Crippen molar-refractivity contribution < 1.29 is 14.7 Å². The number of aromatic amines is 1. The zero-order valence-electron chi connectivity index (χ0n) is 16.9. The molecule has 0 saturated carbocycles. The molecule has 0 aliphatic heterocycles. The lowest BCUT2D eigenvalue weighted by atomic mass is 10.1. The third kappa shape index (κ3) is 4.08. The van der Waals surface area contributed by atoms with Crippen molar-refractivity contribution in [3.8, 4) is 0 Å². The number of benzene rings is 1. The number of carboxylic acid groups (broad SMARTS) is 1. The van der Waals surface area contributed by atoms with Crippen molar-refractivity contribution in [2.75, 3.05) is 0 Å². The number of aromatic nitrogens is 3. The number of carboxylic acids is 1. The molecule has 1 atom stereocenters. The van der Waals surface area contributed by atoms with E-state index in [9.17, 15) is 19.2 Å². The maximum atomic E-state index is 13.1. The predicted octanol–water partition coefficient (Wildman–Crippen LogP) is 2.38. The molecule has 1 unspecified atom stereocenters. The van der Waals surface area contributed by atoms with E-state index >= 15 is 0 Å². The molecule has 0 radical (unpaired) electrons. The van der Waals surface area contributed by atoms with Gasteiger partial charge in [-0.2, -0.15) is 0 Å². The van der Waals surface area contributed by atoms with Crippen LogP contribution in [0.1, 0.15) is 44.1 Å². The van der Waals surface area contributed by atoms with E-state index in [4.69, 9.17) is 5.11 Å². The maximum Gasteiger partial charge on any atom is 0.335 e. The van der Waals surface area contributed by atoms with Crippen LogP contribution in [0.25, 0.3) is 10.2 Å². The van der Waals surface area contributed by atoms with Gasteiger partial charge in [-0.25, -0.2) is 9.59 Å². The zero-order valence-corrected chi connectivity index (χ0v) is 17.7. The van der Waals surface area contributed by atoms with Crippen LogP contribution in [0.15, 0.2) is 64.4 Å². The van der Waals surface area contributed by atoms with Crippen LogP contribution in [0.3, 0.4) is 0 Å². The van der Waals surface area contributed by atoms with Gasteiger partial charge in [0.1, 0.15) is 4.83 Å². The summed E-state index contributed by atoms with van der Waals surface area (Å²) < 4.78 is 1.06. The molecule has 4 rings (SSSR count). The van der Waals surface area contributed by atoms with Crippen LogP contribution in [-0.2, 0) is 6.54 Å². The first kappa shape index (κ1) is 21.2. The van der Waals surface area contributed by atoms with Gasteiger partial charge in [-0.15, -0.1) is 11.3 Å². The van der Waals surface area contributed by atoms with E-state index in [1.807, 2.05) is 0 Å². The number of hydrogen-bond donors (Lipinski definition) is 3. The second-order valence-electron chi connectivity index (χ2n) is 7.10. The number of nitrogens with one attached hydrogen (secondary N) is 2. The largest absolute Gasteiger partial charge is 0.478 e. The second kappa shape index (κ2) is 8.60. The highest BCUT2D eigenvalue weighted by molar-refractivity contribution is 7.20. The van der Waals surface area contributed by atoms with Crippen molar-refractivity contribution in [1.29, 1.82) is 0 Å². The Hall–Kier alpha value is -4.05. The second-order valence-corrected chi connectivity index (χ2v) is 8.15.